The molecule has 0 saturated carbocycles. The van der Waals surface area contributed by atoms with Crippen LogP contribution in [0.3, 0.4) is 0 Å². The third kappa shape index (κ3) is 5.29. The standard InChI is InChI=1S/C21H24N2O5S2/c1-15(2)22-30(25,26)20-12-16(8-9-19(20)27-3)21(24)23(13-17-6-4-10-28-17)14-18-7-5-11-29-18/h4-12,15,22H,13-14H2,1-3H3. The minimum atomic E-state index is -3.85. The van der Waals surface area contributed by atoms with E-state index in [0.717, 1.165) is 4.88 Å². The molecule has 1 aromatic carbocycles. The van der Waals surface area contributed by atoms with E-state index >= 15 is 0 Å². The Bertz CT molecular complexity index is 1040. The van der Waals surface area contributed by atoms with Crippen molar-refractivity contribution in [1.82, 2.24) is 9.62 Å². The maximum atomic E-state index is 13.3. The van der Waals surface area contributed by atoms with E-state index in [9.17, 15) is 13.2 Å². The molecule has 3 aromatic rings. The first-order valence-electron chi connectivity index (χ1n) is 9.34. The van der Waals surface area contributed by atoms with Crippen molar-refractivity contribution in [3.63, 3.8) is 0 Å². The molecule has 0 radical (unpaired) electrons. The maximum Gasteiger partial charge on any atom is 0.254 e. The lowest BCUT2D eigenvalue weighted by Crippen LogP contribution is -2.32. The highest BCUT2D eigenvalue weighted by molar-refractivity contribution is 7.89. The first-order chi connectivity index (χ1) is 14.3. The predicted octanol–water partition coefficient (Wildman–Crippen LogP) is 3.88. The summed E-state index contributed by atoms with van der Waals surface area (Å²) >= 11 is 1.55. The minimum absolute atomic E-state index is 0.0707. The topological polar surface area (TPSA) is 88.8 Å². The number of rotatable bonds is 9. The third-order valence-electron chi connectivity index (χ3n) is 4.23. The molecule has 30 heavy (non-hydrogen) atoms. The number of hydrogen-bond acceptors (Lipinski definition) is 6. The molecule has 0 spiro atoms. The Morgan fingerprint density at radius 2 is 2.00 bits per heavy atom. The van der Waals surface area contributed by atoms with Gasteiger partial charge in [0.1, 0.15) is 16.4 Å². The number of carbonyl (C=O) groups is 1. The smallest absolute Gasteiger partial charge is 0.254 e. The fraction of sp³-hybridized carbons (Fsp3) is 0.286. The van der Waals surface area contributed by atoms with Crippen LogP contribution >= 0.6 is 11.3 Å². The van der Waals surface area contributed by atoms with Crippen molar-refractivity contribution in [2.45, 2.75) is 37.9 Å². The molecule has 1 N–H and O–H groups in total. The number of nitrogens with zero attached hydrogens (tertiary/aromatic N) is 1. The predicted molar refractivity (Wildman–Crippen MR) is 115 cm³/mol. The van der Waals surface area contributed by atoms with Crippen LogP contribution in [0.25, 0.3) is 0 Å². The fourth-order valence-electron chi connectivity index (χ4n) is 2.96. The van der Waals surface area contributed by atoms with E-state index in [4.69, 9.17) is 9.15 Å². The van der Waals surface area contributed by atoms with Crippen LogP contribution in [0, 0.1) is 0 Å². The molecule has 0 atom stereocenters. The number of benzene rings is 1. The first kappa shape index (κ1) is 22.1. The van der Waals surface area contributed by atoms with Gasteiger partial charge in [-0.05, 0) is 55.6 Å². The summed E-state index contributed by atoms with van der Waals surface area (Å²) in [6.07, 6.45) is 1.55. The molecule has 0 unspecified atom stereocenters. The average molecular weight is 449 g/mol. The SMILES string of the molecule is COc1ccc(C(=O)N(Cc2ccco2)Cc2cccs2)cc1S(=O)(=O)NC(C)C. The molecule has 0 aliphatic carbocycles. The fourth-order valence-corrected chi connectivity index (χ4v) is 5.12. The Hall–Kier alpha value is -2.62. The monoisotopic (exact) mass is 448 g/mol. The summed E-state index contributed by atoms with van der Waals surface area (Å²) < 4.78 is 38.7. The van der Waals surface area contributed by atoms with Crippen molar-refractivity contribution >= 4 is 27.3 Å². The van der Waals surface area contributed by atoms with Crippen molar-refractivity contribution in [2.75, 3.05) is 7.11 Å². The molecular formula is C21H24N2O5S2. The Morgan fingerprint density at radius 3 is 2.60 bits per heavy atom. The lowest BCUT2D eigenvalue weighted by atomic mass is 10.1. The highest BCUT2D eigenvalue weighted by Gasteiger charge is 2.25. The summed E-state index contributed by atoms with van der Waals surface area (Å²) in [5, 5.41) is 1.94. The quantitative estimate of drug-likeness (QED) is 0.537. The average Bonchev–Trinajstić information content (AvgIpc) is 3.39. The lowest BCUT2D eigenvalue weighted by Gasteiger charge is -2.22. The first-order valence-corrected chi connectivity index (χ1v) is 11.7. The third-order valence-corrected chi connectivity index (χ3v) is 6.77. The zero-order valence-electron chi connectivity index (χ0n) is 17.0. The van der Waals surface area contributed by atoms with Gasteiger partial charge in [0, 0.05) is 16.5 Å². The summed E-state index contributed by atoms with van der Waals surface area (Å²) in [5.41, 5.74) is 0.253. The van der Waals surface area contributed by atoms with Crippen LogP contribution in [0.15, 0.2) is 63.4 Å². The van der Waals surface area contributed by atoms with E-state index < -0.39 is 10.0 Å². The van der Waals surface area contributed by atoms with Crippen LogP contribution in [0.4, 0.5) is 0 Å². The number of ether oxygens (including phenoxy) is 1. The van der Waals surface area contributed by atoms with Crippen molar-refractivity contribution in [2.24, 2.45) is 0 Å². The largest absolute Gasteiger partial charge is 0.495 e. The normalized spacial score (nSPS) is 11.6. The van der Waals surface area contributed by atoms with E-state index in [1.54, 1.807) is 54.5 Å². The van der Waals surface area contributed by atoms with Gasteiger partial charge in [-0.2, -0.15) is 0 Å². The lowest BCUT2D eigenvalue weighted by molar-refractivity contribution is 0.0719. The van der Waals surface area contributed by atoms with Gasteiger partial charge in [-0.3, -0.25) is 4.79 Å². The molecule has 160 valence electrons. The molecule has 7 nitrogen and oxygen atoms in total. The molecule has 1 amide bonds. The Kier molecular flexibility index (Phi) is 6.96. The summed E-state index contributed by atoms with van der Waals surface area (Å²) in [5.74, 6) is 0.515. The van der Waals surface area contributed by atoms with Crippen LogP contribution in [-0.4, -0.2) is 32.4 Å². The number of hydrogen-bond donors (Lipinski definition) is 1. The molecule has 0 aliphatic heterocycles. The Morgan fingerprint density at radius 1 is 1.20 bits per heavy atom. The van der Waals surface area contributed by atoms with Gasteiger partial charge < -0.3 is 14.1 Å². The number of thiophene rings is 1. The molecule has 3 rings (SSSR count). The molecule has 0 saturated heterocycles. The number of amides is 1. The Labute approximate surface area is 180 Å². The van der Waals surface area contributed by atoms with E-state index in [1.807, 2.05) is 17.5 Å². The van der Waals surface area contributed by atoms with Gasteiger partial charge in [-0.25, -0.2) is 13.1 Å². The van der Waals surface area contributed by atoms with Gasteiger partial charge in [-0.15, -0.1) is 11.3 Å². The highest BCUT2D eigenvalue weighted by Crippen LogP contribution is 2.27. The second-order valence-corrected chi connectivity index (χ2v) is 9.68. The van der Waals surface area contributed by atoms with Crippen LogP contribution in [-0.2, 0) is 23.1 Å². The van der Waals surface area contributed by atoms with Crippen LogP contribution < -0.4 is 9.46 Å². The Balaban J connectivity index is 1.96. The molecule has 9 heteroatoms. The van der Waals surface area contributed by atoms with Crippen molar-refractivity contribution < 1.29 is 22.4 Å². The zero-order valence-corrected chi connectivity index (χ0v) is 18.6. The van der Waals surface area contributed by atoms with Crippen LogP contribution in [0.1, 0.15) is 34.8 Å². The van der Waals surface area contributed by atoms with Gasteiger partial charge >= 0.3 is 0 Å². The van der Waals surface area contributed by atoms with Gasteiger partial charge in [0.2, 0.25) is 10.0 Å². The molecular weight excluding hydrogens is 424 g/mol. The van der Waals surface area contributed by atoms with Gasteiger partial charge in [0.15, 0.2) is 0 Å². The van der Waals surface area contributed by atoms with E-state index in [0.29, 0.717) is 12.3 Å². The van der Waals surface area contributed by atoms with Crippen LogP contribution in [0.2, 0.25) is 0 Å². The minimum Gasteiger partial charge on any atom is -0.495 e. The van der Waals surface area contributed by atoms with Crippen molar-refractivity contribution in [3.8, 4) is 5.75 Å². The molecule has 2 aromatic heterocycles. The summed E-state index contributed by atoms with van der Waals surface area (Å²) in [6, 6.07) is 11.6. The van der Waals surface area contributed by atoms with Gasteiger partial charge in [-0.1, -0.05) is 6.07 Å². The van der Waals surface area contributed by atoms with Gasteiger partial charge in [0.05, 0.1) is 26.5 Å². The number of nitrogens with one attached hydrogen (secondary N) is 1. The summed E-state index contributed by atoms with van der Waals surface area (Å²) in [7, 11) is -2.45. The number of carbonyl (C=O) groups excluding carboxylic acids is 1. The second kappa shape index (κ2) is 9.46. The van der Waals surface area contributed by atoms with E-state index in [2.05, 4.69) is 4.72 Å². The highest BCUT2D eigenvalue weighted by atomic mass is 32.2. The molecule has 0 aliphatic rings. The van der Waals surface area contributed by atoms with E-state index in [1.165, 1.54) is 19.2 Å². The van der Waals surface area contributed by atoms with Crippen molar-refractivity contribution in [3.05, 3.63) is 70.3 Å². The zero-order chi connectivity index (χ0) is 21.7. The van der Waals surface area contributed by atoms with Crippen molar-refractivity contribution in [1.29, 1.82) is 0 Å². The number of furan rings is 1. The molecule has 0 fully saturated rings. The summed E-state index contributed by atoms with van der Waals surface area (Å²) in [6.45, 7) is 4.11. The maximum absolute atomic E-state index is 13.3. The second-order valence-electron chi connectivity index (χ2n) is 6.96. The molecule has 0 bridgehead atoms. The summed E-state index contributed by atoms with van der Waals surface area (Å²) in [4.78, 5) is 15.9. The number of methoxy groups -OCH3 is 1. The van der Waals surface area contributed by atoms with Crippen LogP contribution in [0.5, 0.6) is 5.75 Å². The number of sulfonamides is 1. The van der Waals surface area contributed by atoms with E-state index in [-0.39, 0.29) is 34.7 Å². The molecule has 2 heterocycles. The van der Waals surface area contributed by atoms with Gasteiger partial charge in [0.25, 0.3) is 5.91 Å².